The lowest BCUT2D eigenvalue weighted by Gasteiger charge is -2.32. The number of amides is 1. The highest BCUT2D eigenvalue weighted by atomic mass is 19.1. The maximum absolute atomic E-state index is 13.0. The minimum absolute atomic E-state index is 0.101. The highest BCUT2D eigenvalue weighted by Gasteiger charge is 2.25. The van der Waals surface area contributed by atoms with Gasteiger partial charge in [-0.1, -0.05) is 12.1 Å². The number of fused-ring (bicyclic) bond motifs is 1. The number of aromatic nitrogens is 1. The summed E-state index contributed by atoms with van der Waals surface area (Å²) in [6.45, 7) is 1.49. The summed E-state index contributed by atoms with van der Waals surface area (Å²) in [5.41, 5.74) is 3.10. The molecule has 1 aliphatic heterocycles. The van der Waals surface area contributed by atoms with Gasteiger partial charge in [0.05, 0.1) is 13.5 Å². The van der Waals surface area contributed by atoms with Gasteiger partial charge in [-0.05, 0) is 54.8 Å². The van der Waals surface area contributed by atoms with Gasteiger partial charge in [0.2, 0.25) is 5.91 Å². The number of hydrogen-bond donors (Lipinski definition) is 1. The van der Waals surface area contributed by atoms with Gasteiger partial charge >= 0.3 is 0 Å². The van der Waals surface area contributed by atoms with Crippen molar-refractivity contribution in [2.24, 2.45) is 0 Å². The number of hydrogen-bond acceptors (Lipinski definition) is 2. The molecule has 1 aliphatic rings. The second-order valence-corrected chi connectivity index (χ2v) is 7.16. The first kappa shape index (κ1) is 17.6. The number of piperidine rings is 1. The Labute approximate surface area is 157 Å². The van der Waals surface area contributed by atoms with Gasteiger partial charge in [-0.3, -0.25) is 4.79 Å². The van der Waals surface area contributed by atoms with Gasteiger partial charge in [0.25, 0.3) is 0 Å². The molecule has 1 atom stereocenters. The zero-order valence-corrected chi connectivity index (χ0v) is 15.4. The van der Waals surface area contributed by atoms with E-state index in [1.807, 2.05) is 23.1 Å². The number of carbonyl (C=O) groups is 1. The summed E-state index contributed by atoms with van der Waals surface area (Å²) in [5, 5.41) is 1.12. The second kappa shape index (κ2) is 7.43. The Morgan fingerprint density at radius 3 is 2.81 bits per heavy atom. The van der Waals surface area contributed by atoms with Gasteiger partial charge in [-0.2, -0.15) is 0 Å². The van der Waals surface area contributed by atoms with E-state index in [1.165, 1.54) is 12.1 Å². The molecule has 0 radical (unpaired) electrons. The van der Waals surface area contributed by atoms with Crippen LogP contribution >= 0.6 is 0 Å². The lowest BCUT2D eigenvalue weighted by molar-refractivity contribution is -0.131. The molecule has 1 fully saturated rings. The second-order valence-electron chi connectivity index (χ2n) is 7.16. The van der Waals surface area contributed by atoms with E-state index >= 15 is 0 Å². The van der Waals surface area contributed by atoms with E-state index < -0.39 is 0 Å². The molecular weight excluding hydrogens is 343 g/mol. The standard InChI is InChI=1S/C22H23FN2O2/c1-27-19-8-9-20-17(12-19)13-21(24-20)16-3-2-10-25(14-16)22(26)11-15-4-6-18(23)7-5-15/h4-9,12-13,16,24H,2-3,10-11,14H2,1H3. The van der Waals surface area contributed by atoms with Gasteiger partial charge in [0.1, 0.15) is 11.6 Å². The van der Waals surface area contributed by atoms with Crippen LogP contribution in [-0.2, 0) is 11.2 Å². The lowest BCUT2D eigenvalue weighted by atomic mass is 9.94. The van der Waals surface area contributed by atoms with E-state index in [2.05, 4.69) is 11.1 Å². The van der Waals surface area contributed by atoms with Crippen LogP contribution < -0.4 is 4.74 Å². The highest BCUT2D eigenvalue weighted by Crippen LogP contribution is 2.30. The smallest absolute Gasteiger partial charge is 0.227 e. The summed E-state index contributed by atoms with van der Waals surface area (Å²) in [5.74, 6) is 0.964. The summed E-state index contributed by atoms with van der Waals surface area (Å²) in [4.78, 5) is 18.1. The van der Waals surface area contributed by atoms with Crippen molar-refractivity contribution in [2.45, 2.75) is 25.2 Å². The molecule has 1 saturated heterocycles. The van der Waals surface area contributed by atoms with Crippen molar-refractivity contribution in [3.63, 3.8) is 0 Å². The number of H-pyrrole nitrogens is 1. The zero-order chi connectivity index (χ0) is 18.8. The zero-order valence-electron chi connectivity index (χ0n) is 15.4. The lowest BCUT2D eigenvalue weighted by Crippen LogP contribution is -2.40. The van der Waals surface area contributed by atoms with Crippen molar-refractivity contribution in [3.05, 3.63) is 65.6 Å². The topological polar surface area (TPSA) is 45.3 Å². The number of halogens is 1. The van der Waals surface area contributed by atoms with Crippen molar-refractivity contribution in [1.82, 2.24) is 9.88 Å². The Bertz CT molecular complexity index is 949. The van der Waals surface area contributed by atoms with Crippen LogP contribution in [0.5, 0.6) is 5.75 Å². The number of methoxy groups -OCH3 is 1. The van der Waals surface area contributed by atoms with Crippen LogP contribution in [0.3, 0.4) is 0 Å². The molecule has 1 unspecified atom stereocenters. The minimum Gasteiger partial charge on any atom is -0.497 e. The van der Waals surface area contributed by atoms with Gasteiger partial charge in [0.15, 0.2) is 0 Å². The SMILES string of the molecule is COc1ccc2[nH]c(C3CCCN(C(=O)Cc4ccc(F)cc4)C3)cc2c1. The first-order valence-corrected chi connectivity index (χ1v) is 9.31. The number of rotatable bonds is 4. The van der Waals surface area contributed by atoms with Crippen LogP contribution in [0.25, 0.3) is 10.9 Å². The Morgan fingerprint density at radius 1 is 1.22 bits per heavy atom. The summed E-state index contributed by atoms with van der Waals surface area (Å²) in [6, 6.07) is 14.3. The number of likely N-dealkylation sites (tertiary alicyclic amines) is 1. The fourth-order valence-electron chi connectivity index (χ4n) is 3.83. The highest BCUT2D eigenvalue weighted by molar-refractivity contribution is 5.82. The van der Waals surface area contributed by atoms with Crippen LogP contribution in [0.1, 0.15) is 30.0 Å². The summed E-state index contributed by atoms with van der Waals surface area (Å²) in [7, 11) is 1.67. The Kier molecular flexibility index (Phi) is 4.84. The third kappa shape index (κ3) is 3.82. The van der Waals surface area contributed by atoms with E-state index in [9.17, 15) is 9.18 Å². The molecule has 0 bridgehead atoms. The summed E-state index contributed by atoms with van der Waals surface area (Å²) in [6.07, 6.45) is 2.36. The van der Waals surface area contributed by atoms with Crippen molar-refractivity contribution in [2.75, 3.05) is 20.2 Å². The average molecular weight is 366 g/mol. The average Bonchev–Trinajstić information content (AvgIpc) is 3.13. The molecule has 0 spiro atoms. The van der Waals surface area contributed by atoms with Crippen molar-refractivity contribution >= 4 is 16.8 Å². The molecular formula is C22H23FN2O2. The molecule has 5 heteroatoms. The van der Waals surface area contributed by atoms with Gasteiger partial charge in [0, 0.05) is 35.6 Å². The predicted octanol–water partition coefficient (Wildman–Crippen LogP) is 4.26. The predicted molar refractivity (Wildman–Crippen MR) is 104 cm³/mol. The van der Waals surface area contributed by atoms with Gasteiger partial charge in [-0.25, -0.2) is 4.39 Å². The molecule has 0 saturated carbocycles. The van der Waals surface area contributed by atoms with Crippen molar-refractivity contribution < 1.29 is 13.9 Å². The number of nitrogens with zero attached hydrogens (tertiary/aromatic N) is 1. The first-order valence-electron chi connectivity index (χ1n) is 9.31. The molecule has 0 aliphatic carbocycles. The van der Waals surface area contributed by atoms with Gasteiger partial charge in [-0.15, -0.1) is 0 Å². The maximum Gasteiger partial charge on any atom is 0.227 e. The van der Waals surface area contributed by atoms with Crippen molar-refractivity contribution in [3.8, 4) is 5.75 Å². The Morgan fingerprint density at radius 2 is 2.04 bits per heavy atom. The van der Waals surface area contributed by atoms with Crippen LogP contribution in [0.15, 0.2) is 48.5 Å². The third-order valence-electron chi connectivity index (χ3n) is 5.33. The molecule has 140 valence electrons. The van der Waals surface area contributed by atoms with Crippen LogP contribution in [0.2, 0.25) is 0 Å². The molecule has 4 nitrogen and oxygen atoms in total. The van der Waals surface area contributed by atoms with E-state index in [4.69, 9.17) is 4.74 Å². The third-order valence-corrected chi connectivity index (χ3v) is 5.33. The first-order chi connectivity index (χ1) is 13.1. The number of nitrogens with one attached hydrogen (secondary N) is 1. The molecule has 1 amide bonds. The molecule has 2 aromatic carbocycles. The quantitative estimate of drug-likeness (QED) is 0.750. The van der Waals surface area contributed by atoms with Crippen LogP contribution in [0.4, 0.5) is 4.39 Å². The monoisotopic (exact) mass is 366 g/mol. The molecule has 1 N–H and O–H groups in total. The number of carbonyl (C=O) groups excluding carboxylic acids is 1. The maximum atomic E-state index is 13.0. The fourth-order valence-corrected chi connectivity index (χ4v) is 3.83. The molecule has 4 rings (SSSR count). The fraction of sp³-hybridized carbons (Fsp3) is 0.318. The normalized spacial score (nSPS) is 17.3. The Balaban J connectivity index is 1.47. The van der Waals surface area contributed by atoms with Crippen LogP contribution in [0, 0.1) is 5.82 Å². The Hall–Kier alpha value is -2.82. The van der Waals surface area contributed by atoms with E-state index in [-0.39, 0.29) is 11.7 Å². The van der Waals surface area contributed by atoms with E-state index in [0.29, 0.717) is 18.9 Å². The molecule has 27 heavy (non-hydrogen) atoms. The molecule has 2 heterocycles. The molecule has 3 aromatic rings. The minimum atomic E-state index is -0.278. The van der Waals surface area contributed by atoms with Crippen molar-refractivity contribution in [1.29, 1.82) is 0 Å². The number of ether oxygens (including phenoxy) is 1. The summed E-state index contributed by atoms with van der Waals surface area (Å²) < 4.78 is 18.3. The van der Waals surface area contributed by atoms with E-state index in [0.717, 1.165) is 47.3 Å². The van der Waals surface area contributed by atoms with E-state index in [1.54, 1.807) is 19.2 Å². The van der Waals surface area contributed by atoms with Gasteiger partial charge < -0.3 is 14.6 Å². The number of aromatic amines is 1. The molecule has 1 aromatic heterocycles. The largest absolute Gasteiger partial charge is 0.497 e. The number of benzene rings is 2. The van der Waals surface area contributed by atoms with Crippen LogP contribution in [-0.4, -0.2) is 36.0 Å². The summed E-state index contributed by atoms with van der Waals surface area (Å²) >= 11 is 0.